The van der Waals surface area contributed by atoms with Gasteiger partial charge in [0.2, 0.25) is 5.89 Å². The highest BCUT2D eigenvalue weighted by Crippen LogP contribution is 2.22. The quantitative estimate of drug-likeness (QED) is 0.841. The van der Waals surface area contributed by atoms with Gasteiger partial charge >= 0.3 is 0 Å². The maximum atomic E-state index is 5.32. The molecule has 0 radical (unpaired) electrons. The van der Waals surface area contributed by atoms with Crippen molar-refractivity contribution in [2.45, 2.75) is 25.8 Å². The smallest absolute Gasteiger partial charge is 0.227 e. The molecule has 0 aromatic carbocycles. The molecule has 0 aliphatic carbocycles. The zero-order valence-corrected chi connectivity index (χ0v) is 12.0. The van der Waals surface area contributed by atoms with Gasteiger partial charge in [-0.05, 0) is 12.7 Å². The summed E-state index contributed by atoms with van der Waals surface area (Å²) in [6.45, 7) is 6.41. The Balaban J connectivity index is 1.99. The van der Waals surface area contributed by atoms with Crippen molar-refractivity contribution in [3.8, 4) is 0 Å². The Kier molecular flexibility index (Phi) is 5.46. The van der Waals surface area contributed by atoms with Gasteiger partial charge in [0, 0.05) is 38.4 Å². The van der Waals surface area contributed by atoms with Gasteiger partial charge in [0.05, 0.1) is 6.04 Å². The van der Waals surface area contributed by atoms with Gasteiger partial charge in [-0.1, -0.05) is 12.1 Å². The summed E-state index contributed by atoms with van der Waals surface area (Å²) >= 11 is 1.80. The summed E-state index contributed by atoms with van der Waals surface area (Å²) in [7, 11) is 0. The normalized spacial score (nSPS) is 19.0. The standard InChI is InChI=1S/C12H22N4OS/c1-3-10(16-7-5-13-6-8-16)12-14-11(17-15-12)4-9-18-2/h10,13H,3-9H2,1-2H3. The maximum absolute atomic E-state index is 5.32. The molecular weight excluding hydrogens is 248 g/mol. The number of hydrogen-bond acceptors (Lipinski definition) is 6. The first kappa shape index (κ1) is 13.8. The van der Waals surface area contributed by atoms with Crippen molar-refractivity contribution >= 4 is 11.8 Å². The van der Waals surface area contributed by atoms with Gasteiger partial charge in [0.25, 0.3) is 0 Å². The van der Waals surface area contributed by atoms with E-state index in [4.69, 9.17) is 4.52 Å². The van der Waals surface area contributed by atoms with Crippen molar-refractivity contribution in [3.63, 3.8) is 0 Å². The van der Waals surface area contributed by atoms with Crippen molar-refractivity contribution < 1.29 is 4.52 Å². The molecular formula is C12H22N4OS. The van der Waals surface area contributed by atoms with E-state index in [2.05, 4.69) is 33.5 Å². The maximum Gasteiger partial charge on any atom is 0.227 e. The van der Waals surface area contributed by atoms with Crippen LogP contribution >= 0.6 is 11.8 Å². The second kappa shape index (κ2) is 7.11. The van der Waals surface area contributed by atoms with E-state index < -0.39 is 0 Å². The Morgan fingerprint density at radius 2 is 2.22 bits per heavy atom. The number of aromatic nitrogens is 2. The van der Waals surface area contributed by atoms with Gasteiger partial charge in [-0.25, -0.2) is 0 Å². The molecule has 1 saturated heterocycles. The first-order chi connectivity index (χ1) is 8.85. The number of hydrogen-bond donors (Lipinski definition) is 1. The number of nitrogens with one attached hydrogen (secondary N) is 1. The second-order valence-electron chi connectivity index (χ2n) is 4.50. The van der Waals surface area contributed by atoms with E-state index in [0.29, 0.717) is 6.04 Å². The van der Waals surface area contributed by atoms with E-state index in [0.717, 1.165) is 56.5 Å². The van der Waals surface area contributed by atoms with Crippen LogP contribution in [0, 0.1) is 0 Å². The van der Waals surface area contributed by atoms with Crippen LogP contribution in [-0.4, -0.2) is 53.2 Å². The molecule has 0 saturated carbocycles. The summed E-state index contributed by atoms with van der Waals surface area (Å²) in [6.07, 6.45) is 3.99. The third-order valence-corrected chi connectivity index (χ3v) is 3.89. The lowest BCUT2D eigenvalue weighted by Crippen LogP contribution is -2.45. The molecule has 1 aromatic heterocycles. The molecule has 0 amide bonds. The molecule has 2 heterocycles. The lowest BCUT2D eigenvalue weighted by atomic mass is 10.1. The zero-order chi connectivity index (χ0) is 12.8. The van der Waals surface area contributed by atoms with Crippen LogP contribution in [-0.2, 0) is 6.42 Å². The molecule has 0 bridgehead atoms. The van der Waals surface area contributed by atoms with Crippen LogP contribution in [0.4, 0.5) is 0 Å². The number of thioether (sulfide) groups is 1. The van der Waals surface area contributed by atoms with Gasteiger partial charge in [0.1, 0.15) is 0 Å². The predicted octanol–water partition coefficient (Wildman–Crippen LogP) is 1.33. The van der Waals surface area contributed by atoms with Crippen LogP contribution in [0.1, 0.15) is 31.1 Å². The van der Waals surface area contributed by atoms with Crippen LogP contribution in [0.15, 0.2) is 4.52 Å². The first-order valence-corrected chi connectivity index (χ1v) is 8.00. The minimum atomic E-state index is 0.305. The fourth-order valence-corrected chi connectivity index (χ4v) is 2.67. The van der Waals surface area contributed by atoms with Gasteiger partial charge in [-0.15, -0.1) is 0 Å². The minimum absolute atomic E-state index is 0.305. The van der Waals surface area contributed by atoms with Gasteiger partial charge < -0.3 is 9.84 Å². The highest BCUT2D eigenvalue weighted by Gasteiger charge is 2.24. The van der Waals surface area contributed by atoms with E-state index in [1.165, 1.54) is 0 Å². The predicted molar refractivity (Wildman–Crippen MR) is 73.9 cm³/mol. The van der Waals surface area contributed by atoms with Crippen molar-refractivity contribution in [1.82, 2.24) is 20.4 Å². The Bertz CT molecular complexity index is 352. The van der Waals surface area contributed by atoms with Crippen LogP contribution in [0.3, 0.4) is 0 Å². The lowest BCUT2D eigenvalue weighted by Gasteiger charge is -2.32. The second-order valence-corrected chi connectivity index (χ2v) is 5.48. The van der Waals surface area contributed by atoms with Crippen LogP contribution in [0.5, 0.6) is 0 Å². The Morgan fingerprint density at radius 3 is 2.89 bits per heavy atom. The number of nitrogens with zero attached hydrogens (tertiary/aromatic N) is 3. The third kappa shape index (κ3) is 3.46. The number of piperazine rings is 1. The SMILES string of the molecule is CCC(c1noc(CCSC)n1)N1CCNCC1. The average molecular weight is 270 g/mol. The Hall–Kier alpha value is -0.590. The minimum Gasteiger partial charge on any atom is -0.339 e. The summed E-state index contributed by atoms with van der Waals surface area (Å²) in [6, 6.07) is 0.305. The highest BCUT2D eigenvalue weighted by molar-refractivity contribution is 7.98. The Labute approximate surface area is 113 Å². The molecule has 102 valence electrons. The molecule has 1 aliphatic heterocycles. The van der Waals surface area contributed by atoms with Crippen molar-refractivity contribution in [1.29, 1.82) is 0 Å². The van der Waals surface area contributed by atoms with Crippen molar-refractivity contribution in [2.24, 2.45) is 0 Å². The van der Waals surface area contributed by atoms with E-state index in [1.807, 2.05) is 0 Å². The lowest BCUT2D eigenvalue weighted by molar-refractivity contribution is 0.160. The fourth-order valence-electron chi connectivity index (χ4n) is 2.29. The molecule has 18 heavy (non-hydrogen) atoms. The van der Waals surface area contributed by atoms with Crippen LogP contribution < -0.4 is 5.32 Å². The number of rotatable bonds is 6. The van der Waals surface area contributed by atoms with Crippen LogP contribution in [0.2, 0.25) is 0 Å². The third-order valence-electron chi connectivity index (χ3n) is 3.28. The molecule has 1 atom stereocenters. The molecule has 1 fully saturated rings. The summed E-state index contributed by atoms with van der Waals surface area (Å²) in [4.78, 5) is 6.99. The van der Waals surface area contributed by atoms with Gasteiger partial charge in [0.15, 0.2) is 5.82 Å². The zero-order valence-electron chi connectivity index (χ0n) is 11.2. The van der Waals surface area contributed by atoms with Crippen LogP contribution in [0.25, 0.3) is 0 Å². The summed E-state index contributed by atoms with van der Waals surface area (Å²) in [5, 5.41) is 7.53. The van der Waals surface area contributed by atoms with Gasteiger partial charge in [-0.3, -0.25) is 4.90 Å². The molecule has 1 aliphatic rings. The molecule has 6 heteroatoms. The first-order valence-electron chi connectivity index (χ1n) is 6.61. The Morgan fingerprint density at radius 1 is 1.44 bits per heavy atom. The summed E-state index contributed by atoms with van der Waals surface area (Å²) in [5.41, 5.74) is 0. The molecule has 5 nitrogen and oxygen atoms in total. The monoisotopic (exact) mass is 270 g/mol. The van der Waals surface area contributed by atoms with E-state index in [9.17, 15) is 0 Å². The molecule has 0 spiro atoms. The van der Waals surface area contributed by atoms with E-state index in [1.54, 1.807) is 11.8 Å². The summed E-state index contributed by atoms with van der Waals surface area (Å²) < 4.78 is 5.32. The molecule has 1 unspecified atom stereocenters. The highest BCUT2D eigenvalue weighted by atomic mass is 32.2. The van der Waals surface area contributed by atoms with E-state index in [-0.39, 0.29) is 0 Å². The van der Waals surface area contributed by atoms with Gasteiger partial charge in [-0.2, -0.15) is 16.7 Å². The topological polar surface area (TPSA) is 54.2 Å². The molecule has 2 rings (SSSR count). The van der Waals surface area contributed by atoms with Crippen molar-refractivity contribution in [2.75, 3.05) is 38.2 Å². The fraction of sp³-hybridized carbons (Fsp3) is 0.833. The van der Waals surface area contributed by atoms with Crippen molar-refractivity contribution in [3.05, 3.63) is 11.7 Å². The molecule has 1 N–H and O–H groups in total. The number of aryl methyl sites for hydroxylation is 1. The average Bonchev–Trinajstić information content (AvgIpc) is 2.87. The van der Waals surface area contributed by atoms with E-state index >= 15 is 0 Å². The largest absolute Gasteiger partial charge is 0.339 e. The summed E-state index contributed by atoms with van der Waals surface area (Å²) in [5.74, 6) is 2.66. The molecule has 1 aromatic rings.